The van der Waals surface area contributed by atoms with Crippen molar-refractivity contribution in [3.05, 3.63) is 29.6 Å². The molecular formula is C15H21N3O5. The molecule has 126 valence electrons. The van der Waals surface area contributed by atoms with Gasteiger partial charge in [-0.3, -0.25) is 0 Å². The van der Waals surface area contributed by atoms with E-state index in [0.29, 0.717) is 22.9 Å². The van der Waals surface area contributed by atoms with E-state index >= 15 is 0 Å². The fourth-order valence-electron chi connectivity index (χ4n) is 2.17. The molecule has 0 saturated heterocycles. The Morgan fingerprint density at radius 2 is 1.87 bits per heavy atom. The minimum atomic E-state index is -0.717. The molecule has 23 heavy (non-hydrogen) atoms. The maximum Gasteiger partial charge on any atom is 0.162 e. The van der Waals surface area contributed by atoms with E-state index in [-0.39, 0.29) is 13.4 Å². The predicted molar refractivity (Wildman–Crippen MR) is 81.8 cm³/mol. The van der Waals surface area contributed by atoms with Crippen LogP contribution in [0.4, 0.5) is 0 Å². The number of rotatable bonds is 8. The fourth-order valence-corrected chi connectivity index (χ4v) is 2.17. The molecule has 0 amide bonds. The quantitative estimate of drug-likeness (QED) is 0.581. The summed E-state index contributed by atoms with van der Waals surface area (Å²) in [7, 11) is 4.67. The molecule has 8 heteroatoms. The lowest BCUT2D eigenvalue weighted by Gasteiger charge is -2.16. The molecule has 1 atom stereocenters. The third kappa shape index (κ3) is 3.79. The van der Waals surface area contributed by atoms with Gasteiger partial charge in [-0.25, -0.2) is 4.68 Å². The molecule has 0 radical (unpaired) electrons. The van der Waals surface area contributed by atoms with Gasteiger partial charge in [0.2, 0.25) is 0 Å². The molecule has 0 spiro atoms. The second-order valence-electron chi connectivity index (χ2n) is 4.84. The van der Waals surface area contributed by atoms with Gasteiger partial charge in [-0.1, -0.05) is 5.21 Å². The minimum absolute atomic E-state index is 0.161. The van der Waals surface area contributed by atoms with E-state index < -0.39 is 6.10 Å². The third-order valence-corrected chi connectivity index (χ3v) is 3.28. The molecule has 0 aliphatic carbocycles. The molecule has 0 bridgehead atoms. The summed E-state index contributed by atoms with van der Waals surface area (Å²) in [5.74, 6) is 1.12. The lowest BCUT2D eigenvalue weighted by Crippen LogP contribution is -2.10. The highest BCUT2D eigenvalue weighted by Crippen LogP contribution is 2.33. The Labute approximate surface area is 134 Å². The maximum atomic E-state index is 9.88. The van der Waals surface area contributed by atoms with Crippen molar-refractivity contribution < 1.29 is 24.1 Å². The zero-order valence-corrected chi connectivity index (χ0v) is 13.6. The van der Waals surface area contributed by atoms with Gasteiger partial charge in [-0.2, -0.15) is 0 Å². The van der Waals surface area contributed by atoms with Gasteiger partial charge in [0.1, 0.15) is 6.79 Å². The number of aliphatic hydroxyl groups excluding tert-OH is 1. The summed E-state index contributed by atoms with van der Waals surface area (Å²) in [5.41, 5.74) is 2.05. The van der Waals surface area contributed by atoms with Crippen LogP contribution in [-0.2, 0) is 16.1 Å². The number of hydrogen-bond donors (Lipinski definition) is 1. The van der Waals surface area contributed by atoms with Crippen molar-refractivity contribution in [3.8, 4) is 17.2 Å². The molecule has 8 nitrogen and oxygen atoms in total. The lowest BCUT2D eigenvalue weighted by molar-refractivity contribution is -0.0391. The van der Waals surface area contributed by atoms with Gasteiger partial charge < -0.3 is 24.1 Å². The molecule has 0 aliphatic rings. The van der Waals surface area contributed by atoms with Crippen LogP contribution in [0.15, 0.2) is 18.3 Å². The van der Waals surface area contributed by atoms with E-state index in [2.05, 4.69) is 10.3 Å². The summed E-state index contributed by atoms with van der Waals surface area (Å²) in [5, 5.41) is 17.8. The summed E-state index contributed by atoms with van der Waals surface area (Å²) in [6.07, 6.45) is 0.798. The first kappa shape index (κ1) is 17.2. The van der Waals surface area contributed by atoms with Crippen LogP contribution >= 0.6 is 0 Å². The molecule has 1 aromatic carbocycles. The highest BCUT2D eigenvalue weighted by atomic mass is 16.7. The highest BCUT2D eigenvalue weighted by Gasteiger charge is 2.18. The van der Waals surface area contributed by atoms with E-state index in [1.807, 2.05) is 0 Å². The van der Waals surface area contributed by atoms with Gasteiger partial charge in [0.15, 0.2) is 11.5 Å². The summed E-state index contributed by atoms with van der Waals surface area (Å²) in [6.45, 7) is 2.09. The van der Waals surface area contributed by atoms with Crippen molar-refractivity contribution >= 4 is 0 Å². The third-order valence-electron chi connectivity index (χ3n) is 3.28. The Bertz CT molecular complexity index is 642. The summed E-state index contributed by atoms with van der Waals surface area (Å²) in [6, 6.07) is 3.57. The van der Waals surface area contributed by atoms with Crippen molar-refractivity contribution in [1.82, 2.24) is 15.0 Å². The van der Waals surface area contributed by atoms with Crippen LogP contribution in [0, 0.1) is 0 Å². The first-order valence-corrected chi connectivity index (χ1v) is 7.03. The van der Waals surface area contributed by atoms with Crippen LogP contribution in [-0.4, -0.2) is 48.2 Å². The van der Waals surface area contributed by atoms with Crippen molar-refractivity contribution in [3.63, 3.8) is 0 Å². The Kier molecular flexibility index (Phi) is 5.91. The van der Waals surface area contributed by atoms with Gasteiger partial charge >= 0.3 is 0 Å². The van der Waals surface area contributed by atoms with E-state index in [1.165, 1.54) is 6.20 Å². The van der Waals surface area contributed by atoms with Crippen LogP contribution in [0.2, 0.25) is 0 Å². The van der Waals surface area contributed by atoms with Crippen molar-refractivity contribution in [1.29, 1.82) is 0 Å². The van der Waals surface area contributed by atoms with Crippen molar-refractivity contribution in [2.24, 2.45) is 0 Å². The molecule has 0 aliphatic heterocycles. The topological polar surface area (TPSA) is 87.9 Å². The number of aliphatic hydroxyl groups is 1. The molecule has 0 saturated carbocycles. The van der Waals surface area contributed by atoms with E-state index in [1.54, 1.807) is 45.1 Å². The second-order valence-corrected chi connectivity index (χ2v) is 4.84. The Balaban J connectivity index is 2.51. The van der Waals surface area contributed by atoms with Crippen LogP contribution in [0.5, 0.6) is 11.5 Å². The van der Waals surface area contributed by atoms with Crippen LogP contribution in [0.1, 0.15) is 24.3 Å². The first-order valence-electron chi connectivity index (χ1n) is 7.03. The summed E-state index contributed by atoms with van der Waals surface area (Å²) < 4.78 is 22.6. The monoisotopic (exact) mass is 323 g/mol. The Morgan fingerprint density at radius 3 is 2.48 bits per heavy atom. The van der Waals surface area contributed by atoms with Gasteiger partial charge in [0.05, 0.1) is 44.5 Å². The normalized spacial score (nSPS) is 12.2. The summed E-state index contributed by atoms with van der Waals surface area (Å²) >= 11 is 0. The Morgan fingerprint density at radius 1 is 1.17 bits per heavy atom. The zero-order valence-electron chi connectivity index (χ0n) is 13.6. The molecule has 2 rings (SSSR count). The number of nitrogens with zero attached hydrogens (tertiary/aromatic N) is 3. The largest absolute Gasteiger partial charge is 0.493 e. The SMILES string of the molecule is COCOCc1cc(OC)c(OC)cc1-n1nncc1C(C)O. The molecule has 2 aromatic rings. The average Bonchev–Trinajstić information content (AvgIpc) is 3.04. The average molecular weight is 323 g/mol. The number of aromatic nitrogens is 3. The van der Waals surface area contributed by atoms with E-state index in [4.69, 9.17) is 18.9 Å². The van der Waals surface area contributed by atoms with Gasteiger partial charge in [0, 0.05) is 18.7 Å². The first-order chi connectivity index (χ1) is 11.1. The standard InChI is InChI=1S/C15H21N3O5/c1-10(19)13-7-16-17-18(13)12-6-15(22-4)14(21-3)5-11(12)8-23-9-20-2/h5-7,10,19H,8-9H2,1-4H3. The lowest BCUT2D eigenvalue weighted by atomic mass is 10.1. The van der Waals surface area contributed by atoms with Gasteiger partial charge in [0.25, 0.3) is 0 Å². The zero-order chi connectivity index (χ0) is 16.8. The number of methoxy groups -OCH3 is 3. The van der Waals surface area contributed by atoms with Crippen LogP contribution in [0.3, 0.4) is 0 Å². The Hall–Kier alpha value is -2.16. The predicted octanol–water partition coefficient (Wildman–Crippen LogP) is 1.46. The summed E-state index contributed by atoms with van der Waals surface area (Å²) in [4.78, 5) is 0. The van der Waals surface area contributed by atoms with Crippen molar-refractivity contribution in [2.75, 3.05) is 28.1 Å². The minimum Gasteiger partial charge on any atom is -0.493 e. The van der Waals surface area contributed by atoms with Crippen LogP contribution < -0.4 is 9.47 Å². The smallest absolute Gasteiger partial charge is 0.162 e. The van der Waals surface area contributed by atoms with E-state index in [0.717, 1.165) is 5.56 Å². The van der Waals surface area contributed by atoms with Gasteiger partial charge in [-0.05, 0) is 13.0 Å². The second kappa shape index (κ2) is 7.91. The number of ether oxygens (including phenoxy) is 4. The highest BCUT2D eigenvalue weighted by molar-refractivity contribution is 5.54. The molecule has 0 fully saturated rings. The molecule has 1 aromatic heterocycles. The maximum absolute atomic E-state index is 9.88. The van der Waals surface area contributed by atoms with Crippen LogP contribution in [0.25, 0.3) is 5.69 Å². The van der Waals surface area contributed by atoms with E-state index in [9.17, 15) is 5.11 Å². The molecule has 1 N–H and O–H groups in total. The molecule has 1 unspecified atom stereocenters. The fraction of sp³-hybridized carbons (Fsp3) is 0.467. The number of hydrogen-bond acceptors (Lipinski definition) is 7. The molecular weight excluding hydrogens is 302 g/mol. The number of benzene rings is 1. The van der Waals surface area contributed by atoms with Crippen molar-refractivity contribution in [2.45, 2.75) is 19.6 Å². The molecule has 1 heterocycles. The van der Waals surface area contributed by atoms with Gasteiger partial charge in [-0.15, -0.1) is 5.10 Å².